The number of carbonyl (C=O) groups excluding carboxylic acids is 1. The molecular weight excluding hydrogens is 358 g/mol. The number of benzene rings is 2. The lowest BCUT2D eigenvalue weighted by molar-refractivity contribution is -0.118. The van der Waals surface area contributed by atoms with Crippen LogP contribution in [0.5, 0.6) is 5.75 Å². The van der Waals surface area contributed by atoms with Crippen LogP contribution in [0.3, 0.4) is 0 Å². The number of anilines is 1. The SMILES string of the molecule is Cc1ccccc1OCC(=O)Nc1nc(-c2c(C)[nH]c3ccccc23)cs1. The third-order valence-corrected chi connectivity index (χ3v) is 5.11. The van der Waals surface area contributed by atoms with Crippen LogP contribution in [-0.4, -0.2) is 22.5 Å². The number of para-hydroxylation sites is 2. The molecule has 0 saturated heterocycles. The van der Waals surface area contributed by atoms with E-state index in [2.05, 4.69) is 21.4 Å². The molecule has 1 amide bonds. The molecule has 0 saturated carbocycles. The Bertz CT molecular complexity index is 1110. The molecule has 0 aliphatic rings. The molecule has 0 aliphatic heterocycles. The number of amides is 1. The van der Waals surface area contributed by atoms with Gasteiger partial charge in [0.25, 0.3) is 5.91 Å². The number of carbonyl (C=O) groups is 1. The highest BCUT2D eigenvalue weighted by molar-refractivity contribution is 7.14. The normalized spacial score (nSPS) is 10.9. The molecule has 0 fully saturated rings. The highest BCUT2D eigenvalue weighted by atomic mass is 32.1. The zero-order valence-electron chi connectivity index (χ0n) is 15.1. The van der Waals surface area contributed by atoms with Gasteiger partial charge in [-0.05, 0) is 31.5 Å². The van der Waals surface area contributed by atoms with Gasteiger partial charge in [-0.2, -0.15) is 0 Å². The lowest BCUT2D eigenvalue weighted by Crippen LogP contribution is -2.20. The molecule has 0 unspecified atom stereocenters. The number of H-pyrrole nitrogens is 1. The zero-order valence-corrected chi connectivity index (χ0v) is 15.9. The molecule has 5 nitrogen and oxygen atoms in total. The highest BCUT2D eigenvalue weighted by Crippen LogP contribution is 2.33. The second-order valence-corrected chi connectivity index (χ2v) is 7.17. The van der Waals surface area contributed by atoms with Gasteiger partial charge < -0.3 is 9.72 Å². The molecule has 2 N–H and O–H groups in total. The van der Waals surface area contributed by atoms with E-state index in [1.165, 1.54) is 11.3 Å². The van der Waals surface area contributed by atoms with Gasteiger partial charge in [-0.1, -0.05) is 36.4 Å². The van der Waals surface area contributed by atoms with Crippen molar-refractivity contribution < 1.29 is 9.53 Å². The predicted molar refractivity (Wildman–Crippen MR) is 109 cm³/mol. The highest BCUT2D eigenvalue weighted by Gasteiger charge is 2.14. The average Bonchev–Trinajstić information content (AvgIpc) is 3.23. The first-order valence-corrected chi connectivity index (χ1v) is 9.51. The minimum atomic E-state index is -0.227. The van der Waals surface area contributed by atoms with Gasteiger partial charge in [-0.3, -0.25) is 10.1 Å². The number of hydrogen-bond acceptors (Lipinski definition) is 4. The minimum Gasteiger partial charge on any atom is -0.483 e. The van der Waals surface area contributed by atoms with Crippen LogP contribution in [0.25, 0.3) is 22.2 Å². The molecule has 4 aromatic rings. The zero-order chi connectivity index (χ0) is 18.8. The van der Waals surface area contributed by atoms with E-state index in [1.807, 2.05) is 61.7 Å². The number of hydrogen-bond donors (Lipinski definition) is 2. The lowest BCUT2D eigenvalue weighted by Gasteiger charge is -2.08. The van der Waals surface area contributed by atoms with Crippen molar-refractivity contribution in [3.05, 3.63) is 65.2 Å². The molecule has 136 valence electrons. The van der Waals surface area contributed by atoms with Crippen molar-refractivity contribution in [3.8, 4) is 17.0 Å². The molecule has 2 aromatic carbocycles. The van der Waals surface area contributed by atoms with Crippen molar-refractivity contribution >= 4 is 33.3 Å². The van der Waals surface area contributed by atoms with Crippen LogP contribution in [0.2, 0.25) is 0 Å². The molecule has 0 aliphatic carbocycles. The fourth-order valence-corrected chi connectivity index (χ4v) is 3.79. The van der Waals surface area contributed by atoms with Crippen LogP contribution < -0.4 is 10.1 Å². The Kier molecular flexibility index (Phi) is 4.64. The van der Waals surface area contributed by atoms with Gasteiger partial charge >= 0.3 is 0 Å². The maximum Gasteiger partial charge on any atom is 0.264 e. The number of aromatic nitrogens is 2. The number of fused-ring (bicyclic) bond motifs is 1. The third-order valence-electron chi connectivity index (χ3n) is 4.35. The molecule has 2 heterocycles. The van der Waals surface area contributed by atoms with Crippen LogP contribution in [0.1, 0.15) is 11.3 Å². The number of ether oxygens (including phenoxy) is 1. The monoisotopic (exact) mass is 377 g/mol. The summed E-state index contributed by atoms with van der Waals surface area (Å²) in [7, 11) is 0. The minimum absolute atomic E-state index is 0.0497. The van der Waals surface area contributed by atoms with Gasteiger partial charge in [-0.15, -0.1) is 11.3 Å². The van der Waals surface area contributed by atoms with Gasteiger partial charge in [0.15, 0.2) is 11.7 Å². The summed E-state index contributed by atoms with van der Waals surface area (Å²) in [6, 6.07) is 15.8. The van der Waals surface area contributed by atoms with E-state index in [9.17, 15) is 4.79 Å². The van der Waals surface area contributed by atoms with E-state index in [0.717, 1.165) is 33.4 Å². The summed E-state index contributed by atoms with van der Waals surface area (Å²) < 4.78 is 5.59. The number of nitrogens with zero attached hydrogens (tertiary/aromatic N) is 1. The Labute approximate surface area is 161 Å². The van der Waals surface area contributed by atoms with Crippen LogP contribution in [0.4, 0.5) is 5.13 Å². The van der Waals surface area contributed by atoms with E-state index < -0.39 is 0 Å². The van der Waals surface area contributed by atoms with E-state index >= 15 is 0 Å². The number of nitrogens with one attached hydrogen (secondary N) is 2. The Hall–Kier alpha value is -3.12. The van der Waals surface area contributed by atoms with Crippen LogP contribution in [0, 0.1) is 13.8 Å². The van der Waals surface area contributed by atoms with E-state index in [0.29, 0.717) is 10.9 Å². The Balaban J connectivity index is 1.47. The van der Waals surface area contributed by atoms with Crippen molar-refractivity contribution in [2.24, 2.45) is 0 Å². The van der Waals surface area contributed by atoms with Crippen molar-refractivity contribution in [1.82, 2.24) is 9.97 Å². The van der Waals surface area contributed by atoms with Crippen LogP contribution in [-0.2, 0) is 4.79 Å². The third kappa shape index (κ3) is 3.57. The Morgan fingerprint density at radius 1 is 1.15 bits per heavy atom. The molecular formula is C21H19N3O2S. The average molecular weight is 377 g/mol. The molecule has 2 aromatic heterocycles. The molecule has 0 bridgehead atoms. The van der Waals surface area contributed by atoms with E-state index in [1.54, 1.807) is 0 Å². The molecule has 0 radical (unpaired) electrons. The summed E-state index contributed by atoms with van der Waals surface area (Å²) in [6.07, 6.45) is 0. The van der Waals surface area contributed by atoms with E-state index in [4.69, 9.17) is 4.74 Å². The summed E-state index contributed by atoms with van der Waals surface area (Å²) in [5, 5.41) is 6.46. The molecule has 6 heteroatoms. The second kappa shape index (κ2) is 7.25. The number of aryl methyl sites for hydroxylation is 2. The van der Waals surface area contributed by atoms with Crippen molar-refractivity contribution in [2.45, 2.75) is 13.8 Å². The van der Waals surface area contributed by atoms with Crippen molar-refractivity contribution in [3.63, 3.8) is 0 Å². The lowest BCUT2D eigenvalue weighted by atomic mass is 10.1. The maximum absolute atomic E-state index is 12.2. The summed E-state index contributed by atoms with van der Waals surface area (Å²) in [5.74, 6) is 0.483. The molecule has 0 atom stereocenters. The van der Waals surface area contributed by atoms with Crippen molar-refractivity contribution in [1.29, 1.82) is 0 Å². The van der Waals surface area contributed by atoms with Crippen LogP contribution >= 0.6 is 11.3 Å². The van der Waals surface area contributed by atoms with Gasteiger partial charge in [-0.25, -0.2) is 4.98 Å². The Morgan fingerprint density at radius 3 is 2.78 bits per heavy atom. The first-order valence-electron chi connectivity index (χ1n) is 8.63. The second-order valence-electron chi connectivity index (χ2n) is 6.31. The number of aromatic amines is 1. The molecule has 4 rings (SSSR count). The van der Waals surface area contributed by atoms with Gasteiger partial charge in [0, 0.05) is 27.5 Å². The standard InChI is InChI=1S/C21H19N3O2S/c1-13-7-3-6-10-18(13)26-11-19(25)24-21-23-17(12-27-21)20-14(2)22-16-9-5-4-8-15(16)20/h3-10,12,22H,11H2,1-2H3,(H,23,24,25). The van der Waals surface area contributed by atoms with Crippen LogP contribution in [0.15, 0.2) is 53.9 Å². The molecule has 27 heavy (non-hydrogen) atoms. The van der Waals surface area contributed by atoms with Gasteiger partial charge in [0.05, 0.1) is 5.69 Å². The van der Waals surface area contributed by atoms with E-state index in [-0.39, 0.29) is 12.5 Å². The first kappa shape index (κ1) is 17.3. The summed E-state index contributed by atoms with van der Waals surface area (Å²) >= 11 is 1.41. The summed E-state index contributed by atoms with van der Waals surface area (Å²) in [5.41, 5.74) is 5.05. The molecule has 0 spiro atoms. The van der Waals surface area contributed by atoms with Gasteiger partial charge in [0.1, 0.15) is 5.75 Å². The Morgan fingerprint density at radius 2 is 1.93 bits per heavy atom. The van der Waals surface area contributed by atoms with Crippen molar-refractivity contribution in [2.75, 3.05) is 11.9 Å². The smallest absolute Gasteiger partial charge is 0.264 e. The maximum atomic E-state index is 12.2. The van der Waals surface area contributed by atoms with Gasteiger partial charge in [0.2, 0.25) is 0 Å². The summed E-state index contributed by atoms with van der Waals surface area (Å²) in [4.78, 5) is 20.2. The quantitative estimate of drug-likeness (QED) is 0.518. The fraction of sp³-hybridized carbons (Fsp3) is 0.143. The predicted octanol–water partition coefficient (Wildman–Crippen LogP) is 4.93. The fourth-order valence-electron chi connectivity index (χ4n) is 3.07. The largest absolute Gasteiger partial charge is 0.483 e. The summed E-state index contributed by atoms with van der Waals surface area (Å²) in [6.45, 7) is 3.93. The number of rotatable bonds is 5. The number of thiazole rings is 1. The first-order chi connectivity index (χ1) is 13.1. The topological polar surface area (TPSA) is 67.0 Å².